The maximum Gasteiger partial charge on any atom is 0.0542 e. The van der Waals surface area contributed by atoms with Crippen molar-refractivity contribution < 1.29 is 0 Å². The maximum absolute atomic E-state index is 4.66. The van der Waals surface area contributed by atoms with Gasteiger partial charge in [0.1, 0.15) is 0 Å². The zero-order valence-corrected chi connectivity index (χ0v) is 15.3. The van der Waals surface area contributed by atoms with E-state index in [-0.39, 0.29) is 0 Å². The highest BCUT2D eigenvalue weighted by Crippen LogP contribution is 2.20. The highest BCUT2D eigenvalue weighted by atomic mass is 15.5. The minimum absolute atomic E-state index is 0.979. The van der Waals surface area contributed by atoms with Crippen LogP contribution in [0.2, 0.25) is 0 Å². The molecular formula is C23H25N3. The van der Waals surface area contributed by atoms with E-state index in [9.17, 15) is 0 Å². The summed E-state index contributed by atoms with van der Waals surface area (Å²) in [5, 5.41) is 9.53. The molecule has 0 bridgehead atoms. The molecule has 0 amide bonds. The first-order valence-corrected chi connectivity index (χ1v) is 9.32. The van der Waals surface area contributed by atoms with Crippen LogP contribution in [-0.4, -0.2) is 42.3 Å². The average Bonchev–Trinajstić information content (AvgIpc) is 2.69. The molecule has 1 aliphatic rings. The van der Waals surface area contributed by atoms with Gasteiger partial charge in [0.05, 0.1) is 6.21 Å². The summed E-state index contributed by atoms with van der Waals surface area (Å²) in [5.41, 5.74) is 3.86. The van der Waals surface area contributed by atoms with Crippen LogP contribution in [0.25, 0.3) is 10.8 Å². The van der Waals surface area contributed by atoms with Gasteiger partial charge in [0.2, 0.25) is 0 Å². The van der Waals surface area contributed by atoms with E-state index >= 15 is 0 Å². The fourth-order valence-corrected chi connectivity index (χ4v) is 3.48. The molecule has 1 fully saturated rings. The number of rotatable bonds is 4. The van der Waals surface area contributed by atoms with Crippen LogP contribution in [0.1, 0.15) is 16.7 Å². The quantitative estimate of drug-likeness (QED) is 0.658. The first kappa shape index (κ1) is 16.8. The van der Waals surface area contributed by atoms with Gasteiger partial charge in [-0.2, -0.15) is 5.10 Å². The van der Waals surface area contributed by atoms with E-state index in [1.165, 1.54) is 21.9 Å². The summed E-state index contributed by atoms with van der Waals surface area (Å²) in [6.07, 6.45) is 1.97. The molecule has 0 atom stereocenters. The number of benzene rings is 3. The third-order valence-electron chi connectivity index (χ3n) is 5.07. The summed E-state index contributed by atoms with van der Waals surface area (Å²) in [7, 11) is 0. The minimum atomic E-state index is 0.979. The van der Waals surface area contributed by atoms with Crippen LogP contribution in [0.3, 0.4) is 0 Å². The van der Waals surface area contributed by atoms with Crippen molar-refractivity contribution in [1.82, 2.24) is 9.91 Å². The van der Waals surface area contributed by atoms with Gasteiger partial charge in [-0.3, -0.25) is 9.91 Å². The van der Waals surface area contributed by atoms with Gasteiger partial charge < -0.3 is 0 Å². The second kappa shape index (κ2) is 7.71. The molecular weight excluding hydrogens is 318 g/mol. The van der Waals surface area contributed by atoms with Gasteiger partial charge in [-0.25, -0.2) is 0 Å². The standard InChI is InChI=1S/C23H25N3/c1-19-9-11-20(12-10-19)17-24-26-15-13-25(14-16-26)18-22-7-4-6-21-5-2-3-8-23(21)22/h2-12,17H,13-16,18H2,1H3. The van der Waals surface area contributed by atoms with Gasteiger partial charge in [0.15, 0.2) is 0 Å². The first-order chi connectivity index (χ1) is 12.8. The number of nitrogens with zero attached hydrogens (tertiary/aromatic N) is 3. The number of fused-ring (bicyclic) bond motifs is 1. The van der Waals surface area contributed by atoms with E-state index in [1.807, 2.05) is 6.21 Å². The molecule has 3 nitrogen and oxygen atoms in total. The Morgan fingerprint density at radius 1 is 0.846 bits per heavy atom. The summed E-state index contributed by atoms with van der Waals surface area (Å²) in [6.45, 7) is 7.18. The Balaban J connectivity index is 1.35. The van der Waals surface area contributed by atoms with Crippen molar-refractivity contribution in [1.29, 1.82) is 0 Å². The summed E-state index contributed by atoms with van der Waals surface area (Å²) in [4.78, 5) is 2.53. The second-order valence-corrected chi connectivity index (χ2v) is 7.02. The number of aryl methyl sites for hydroxylation is 1. The van der Waals surface area contributed by atoms with E-state index in [2.05, 4.69) is 88.7 Å². The fraction of sp³-hybridized carbons (Fsp3) is 0.261. The average molecular weight is 343 g/mol. The Labute approximate surface area is 155 Å². The lowest BCUT2D eigenvalue weighted by molar-refractivity contribution is 0.131. The van der Waals surface area contributed by atoms with Crippen molar-refractivity contribution in [3.8, 4) is 0 Å². The van der Waals surface area contributed by atoms with Crippen molar-refractivity contribution in [2.24, 2.45) is 5.10 Å². The van der Waals surface area contributed by atoms with Crippen LogP contribution in [0, 0.1) is 6.92 Å². The Bertz CT molecular complexity index is 885. The first-order valence-electron chi connectivity index (χ1n) is 9.32. The van der Waals surface area contributed by atoms with Gasteiger partial charge in [-0.15, -0.1) is 0 Å². The molecule has 0 aliphatic carbocycles. The second-order valence-electron chi connectivity index (χ2n) is 7.02. The monoisotopic (exact) mass is 343 g/mol. The number of piperazine rings is 1. The van der Waals surface area contributed by atoms with Gasteiger partial charge in [-0.05, 0) is 28.8 Å². The van der Waals surface area contributed by atoms with Crippen LogP contribution >= 0.6 is 0 Å². The van der Waals surface area contributed by atoms with E-state index in [0.717, 1.165) is 38.3 Å². The molecule has 26 heavy (non-hydrogen) atoms. The Morgan fingerprint density at radius 3 is 2.38 bits per heavy atom. The van der Waals surface area contributed by atoms with E-state index in [0.29, 0.717) is 0 Å². The molecule has 3 heteroatoms. The lowest BCUT2D eigenvalue weighted by atomic mass is 10.0. The van der Waals surface area contributed by atoms with Crippen molar-refractivity contribution in [3.63, 3.8) is 0 Å². The normalized spacial score (nSPS) is 15.8. The van der Waals surface area contributed by atoms with Crippen molar-refractivity contribution in [2.45, 2.75) is 13.5 Å². The molecule has 3 aromatic carbocycles. The molecule has 1 saturated heterocycles. The largest absolute Gasteiger partial charge is 0.295 e. The molecule has 0 unspecified atom stereocenters. The Kier molecular flexibility index (Phi) is 4.98. The van der Waals surface area contributed by atoms with Crippen molar-refractivity contribution >= 4 is 17.0 Å². The maximum atomic E-state index is 4.66. The van der Waals surface area contributed by atoms with Crippen LogP contribution in [0.15, 0.2) is 71.8 Å². The lowest BCUT2D eigenvalue weighted by Gasteiger charge is -2.33. The van der Waals surface area contributed by atoms with Crippen LogP contribution < -0.4 is 0 Å². The Morgan fingerprint density at radius 2 is 1.58 bits per heavy atom. The third-order valence-corrected chi connectivity index (χ3v) is 5.07. The van der Waals surface area contributed by atoms with Gasteiger partial charge in [0.25, 0.3) is 0 Å². The van der Waals surface area contributed by atoms with Gasteiger partial charge >= 0.3 is 0 Å². The highest BCUT2D eigenvalue weighted by molar-refractivity contribution is 5.85. The lowest BCUT2D eigenvalue weighted by Crippen LogP contribution is -2.43. The highest BCUT2D eigenvalue weighted by Gasteiger charge is 2.16. The molecule has 1 heterocycles. The number of hydrogen-bond acceptors (Lipinski definition) is 3. The third kappa shape index (κ3) is 3.94. The molecule has 0 aromatic heterocycles. The molecule has 1 aliphatic heterocycles. The van der Waals surface area contributed by atoms with Crippen molar-refractivity contribution in [3.05, 3.63) is 83.4 Å². The van der Waals surface area contributed by atoms with Gasteiger partial charge in [-0.1, -0.05) is 72.3 Å². The molecule has 132 valence electrons. The smallest absolute Gasteiger partial charge is 0.0542 e. The van der Waals surface area contributed by atoms with Crippen LogP contribution in [0.4, 0.5) is 0 Å². The Hall–Kier alpha value is -2.65. The van der Waals surface area contributed by atoms with E-state index < -0.39 is 0 Å². The summed E-state index contributed by atoms with van der Waals surface area (Å²) in [6, 6.07) is 23.8. The predicted molar refractivity (Wildman–Crippen MR) is 110 cm³/mol. The molecule has 0 radical (unpaired) electrons. The molecule has 0 saturated carbocycles. The van der Waals surface area contributed by atoms with Crippen LogP contribution in [0.5, 0.6) is 0 Å². The SMILES string of the molecule is Cc1ccc(C=NN2CCN(Cc3cccc4ccccc34)CC2)cc1. The molecule has 0 spiro atoms. The summed E-state index contributed by atoms with van der Waals surface area (Å²) >= 11 is 0. The van der Waals surface area contributed by atoms with E-state index in [1.54, 1.807) is 0 Å². The number of hydrogen-bond donors (Lipinski definition) is 0. The summed E-state index contributed by atoms with van der Waals surface area (Å²) < 4.78 is 0. The molecule has 4 rings (SSSR count). The van der Waals surface area contributed by atoms with E-state index in [4.69, 9.17) is 0 Å². The zero-order valence-electron chi connectivity index (χ0n) is 15.3. The van der Waals surface area contributed by atoms with Gasteiger partial charge in [0, 0.05) is 32.7 Å². The molecule has 3 aromatic rings. The fourth-order valence-electron chi connectivity index (χ4n) is 3.48. The summed E-state index contributed by atoms with van der Waals surface area (Å²) in [5.74, 6) is 0. The topological polar surface area (TPSA) is 18.8 Å². The number of hydrazone groups is 1. The minimum Gasteiger partial charge on any atom is -0.295 e. The molecule has 0 N–H and O–H groups in total. The van der Waals surface area contributed by atoms with Crippen molar-refractivity contribution in [2.75, 3.05) is 26.2 Å². The zero-order chi connectivity index (χ0) is 17.8. The predicted octanol–water partition coefficient (Wildman–Crippen LogP) is 4.30. The van der Waals surface area contributed by atoms with Crippen LogP contribution in [-0.2, 0) is 6.54 Å².